The van der Waals surface area contributed by atoms with E-state index in [2.05, 4.69) is 10.2 Å². The molecule has 3 rings (SSSR count). The van der Waals surface area contributed by atoms with Gasteiger partial charge in [-0.1, -0.05) is 0 Å². The van der Waals surface area contributed by atoms with Crippen LogP contribution >= 0.6 is 11.8 Å². The van der Waals surface area contributed by atoms with E-state index in [1.54, 1.807) is 4.57 Å². The molecular weight excluding hydrogens is 425 g/mol. The van der Waals surface area contributed by atoms with E-state index in [0.29, 0.717) is 24.4 Å². The number of hydrogen-bond acceptors (Lipinski definition) is 4. The first-order valence-corrected chi connectivity index (χ1v) is 10.2. The van der Waals surface area contributed by atoms with Crippen molar-refractivity contribution in [1.29, 1.82) is 0 Å². The molecule has 10 heteroatoms. The second-order valence-electron chi connectivity index (χ2n) is 6.93. The van der Waals surface area contributed by atoms with Gasteiger partial charge in [-0.2, -0.15) is 11.8 Å². The molecule has 0 spiro atoms. The summed E-state index contributed by atoms with van der Waals surface area (Å²) in [6.45, 7) is 3.33. The number of aromatic nitrogens is 3. The molecule has 0 unspecified atom stereocenters. The maximum absolute atomic E-state index is 14.3. The van der Waals surface area contributed by atoms with Gasteiger partial charge < -0.3 is 9.30 Å². The van der Waals surface area contributed by atoms with Gasteiger partial charge in [-0.3, -0.25) is 0 Å². The van der Waals surface area contributed by atoms with E-state index in [9.17, 15) is 22.0 Å². The van der Waals surface area contributed by atoms with Crippen LogP contribution < -0.4 is 4.74 Å². The molecule has 3 aromatic rings. The summed E-state index contributed by atoms with van der Waals surface area (Å²) in [6.07, 6.45) is 1.87. The summed E-state index contributed by atoms with van der Waals surface area (Å²) in [7, 11) is 0. The van der Waals surface area contributed by atoms with Gasteiger partial charge in [0, 0.05) is 30.5 Å². The molecule has 4 nitrogen and oxygen atoms in total. The maximum Gasteiger partial charge on any atom is 0.192 e. The third kappa shape index (κ3) is 4.43. The number of rotatable bonds is 7. The highest BCUT2D eigenvalue weighted by atomic mass is 32.2. The molecule has 1 heterocycles. The van der Waals surface area contributed by atoms with Crippen molar-refractivity contribution in [2.45, 2.75) is 26.0 Å². The van der Waals surface area contributed by atoms with Crippen LogP contribution in [0.25, 0.3) is 11.4 Å². The first-order valence-electron chi connectivity index (χ1n) is 8.85. The Bertz CT molecular complexity index is 1050. The summed E-state index contributed by atoms with van der Waals surface area (Å²) in [4.78, 5) is 0. The van der Waals surface area contributed by atoms with Gasteiger partial charge in [0.2, 0.25) is 0 Å². The van der Waals surface area contributed by atoms with Crippen LogP contribution in [0.2, 0.25) is 0 Å². The monoisotopic (exact) mass is 443 g/mol. The minimum absolute atomic E-state index is 0.0196. The van der Waals surface area contributed by atoms with Crippen LogP contribution in [-0.4, -0.2) is 26.8 Å². The van der Waals surface area contributed by atoms with Gasteiger partial charge in [0.25, 0.3) is 0 Å². The highest BCUT2D eigenvalue weighted by molar-refractivity contribution is 7.98. The number of thioether (sulfide) groups is 1. The van der Waals surface area contributed by atoms with Crippen molar-refractivity contribution in [3.63, 3.8) is 0 Å². The summed E-state index contributed by atoms with van der Waals surface area (Å²) in [5.74, 6) is -4.95. The largest absolute Gasteiger partial charge is 0.474 e. The van der Waals surface area contributed by atoms with Crippen molar-refractivity contribution in [3.8, 4) is 17.1 Å². The van der Waals surface area contributed by atoms with Gasteiger partial charge in [0.15, 0.2) is 34.6 Å². The summed E-state index contributed by atoms with van der Waals surface area (Å²) in [5.41, 5.74) is -1.40. The molecule has 160 valence electrons. The Morgan fingerprint density at radius 3 is 2.17 bits per heavy atom. The minimum atomic E-state index is -1.42. The third-order valence-electron chi connectivity index (χ3n) is 4.30. The lowest BCUT2D eigenvalue weighted by atomic mass is 10.1. The summed E-state index contributed by atoms with van der Waals surface area (Å²) in [5, 5.41) is 8.06. The highest BCUT2D eigenvalue weighted by Gasteiger charge is 2.33. The van der Waals surface area contributed by atoms with Crippen molar-refractivity contribution in [1.82, 2.24) is 14.8 Å². The van der Waals surface area contributed by atoms with Crippen LogP contribution in [0.3, 0.4) is 0 Å². The Balaban J connectivity index is 2.07. The smallest absolute Gasteiger partial charge is 0.192 e. The average molecular weight is 443 g/mol. The van der Waals surface area contributed by atoms with Crippen molar-refractivity contribution < 1.29 is 26.7 Å². The van der Waals surface area contributed by atoms with E-state index in [1.807, 2.05) is 6.26 Å². The van der Waals surface area contributed by atoms with E-state index in [0.717, 1.165) is 12.1 Å². The van der Waals surface area contributed by atoms with Crippen molar-refractivity contribution in [2.24, 2.45) is 0 Å². The number of nitrogens with zero attached hydrogens (tertiary/aromatic N) is 3. The molecule has 0 aliphatic heterocycles. The SMILES string of the molecule is CSCCn1c(-c2ccc(F)cc2F)nnc1C(C)(C)Oc1c(F)cc(F)cc1F. The summed E-state index contributed by atoms with van der Waals surface area (Å²) >= 11 is 1.51. The number of ether oxygens (including phenoxy) is 1. The Morgan fingerprint density at radius 1 is 0.933 bits per heavy atom. The quantitative estimate of drug-likeness (QED) is 0.464. The second-order valence-corrected chi connectivity index (χ2v) is 7.91. The van der Waals surface area contributed by atoms with E-state index >= 15 is 0 Å². The van der Waals surface area contributed by atoms with Gasteiger partial charge >= 0.3 is 0 Å². The Labute approximate surface area is 174 Å². The lowest BCUT2D eigenvalue weighted by molar-refractivity contribution is 0.0825. The molecular formula is C20H18F5N3OS. The molecule has 0 fully saturated rings. The Morgan fingerprint density at radius 2 is 1.57 bits per heavy atom. The molecule has 0 N–H and O–H groups in total. The van der Waals surface area contributed by atoms with Crippen LogP contribution in [-0.2, 0) is 12.1 Å². The van der Waals surface area contributed by atoms with Crippen LogP contribution in [0, 0.1) is 29.1 Å². The molecule has 0 amide bonds. The highest BCUT2D eigenvalue weighted by Crippen LogP contribution is 2.33. The number of halogens is 5. The van der Waals surface area contributed by atoms with Gasteiger partial charge in [0.1, 0.15) is 17.5 Å². The lowest BCUT2D eigenvalue weighted by Gasteiger charge is -2.27. The molecule has 30 heavy (non-hydrogen) atoms. The zero-order valence-electron chi connectivity index (χ0n) is 16.3. The van der Waals surface area contributed by atoms with Crippen LogP contribution in [0.15, 0.2) is 30.3 Å². The van der Waals surface area contributed by atoms with Gasteiger partial charge in [-0.05, 0) is 32.2 Å². The fourth-order valence-electron chi connectivity index (χ4n) is 2.94. The molecule has 0 bridgehead atoms. The van der Waals surface area contributed by atoms with Crippen LogP contribution in [0.1, 0.15) is 19.7 Å². The van der Waals surface area contributed by atoms with E-state index < -0.39 is 40.4 Å². The lowest BCUT2D eigenvalue weighted by Crippen LogP contribution is -2.31. The minimum Gasteiger partial charge on any atom is -0.474 e. The van der Waals surface area contributed by atoms with Gasteiger partial charge in [-0.25, -0.2) is 22.0 Å². The van der Waals surface area contributed by atoms with Crippen LogP contribution in [0.4, 0.5) is 22.0 Å². The number of hydrogen-bond donors (Lipinski definition) is 0. The first kappa shape index (κ1) is 22.1. The molecule has 2 aromatic carbocycles. The topological polar surface area (TPSA) is 39.9 Å². The fourth-order valence-corrected chi connectivity index (χ4v) is 3.31. The van der Waals surface area contributed by atoms with Gasteiger partial charge in [0.05, 0.1) is 5.56 Å². The summed E-state index contributed by atoms with van der Waals surface area (Å²) in [6, 6.07) is 4.07. The molecule has 0 atom stereocenters. The predicted molar refractivity (Wildman–Crippen MR) is 104 cm³/mol. The van der Waals surface area contributed by atoms with Crippen molar-refractivity contribution in [2.75, 3.05) is 12.0 Å². The van der Waals surface area contributed by atoms with E-state index in [1.165, 1.54) is 31.7 Å². The van der Waals surface area contributed by atoms with Gasteiger partial charge in [-0.15, -0.1) is 10.2 Å². The van der Waals surface area contributed by atoms with E-state index in [4.69, 9.17) is 4.74 Å². The molecule has 0 saturated carbocycles. The van der Waals surface area contributed by atoms with Crippen molar-refractivity contribution >= 4 is 11.8 Å². The second kappa shape index (κ2) is 8.63. The molecule has 0 radical (unpaired) electrons. The zero-order chi connectivity index (χ0) is 22.1. The fraction of sp³-hybridized carbons (Fsp3) is 0.300. The molecule has 0 aliphatic carbocycles. The third-order valence-corrected chi connectivity index (χ3v) is 4.89. The number of benzene rings is 2. The Hall–Kier alpha value is -2.62. The summed E-state index contributed by atoms with van der Waals surface area (Å²) < 4.78 is 76.1. The van der Waals surface area contributed by atoms with Crippen LogP contribution in [0.5, 0.6) is 5.75 Å². The molecule has 0 saturated heterocycles. The normalized spacial score (nSPS) is 11.7. The average Bonchev–Trinajstić information content (AvgIpc) is 3.07. The van der Waals surface area contributed by atoms with Crippen molar-refractivity contribution in [3.05, 3.63) is 65.2 Å². The standard InChI is InChI=1S/C20H18F5N3OS/c1-20(2,29-17-15(24)9-12(22)10-16(17)25)19-27-26-18(28(19)6-7-30-3)13-5-4-11(21)8-14(13)23/h4-5,8-10H,6-7H2,1-3H3. The molecule has 1 aromatic heterocycles. The zero-order valence-corrected chi connectivity index (χ0v) is 17.2. The maximum atomic E-state index is 14.3. The molecule has 0 aliphatic rings. The predicted octanol–water partition coefficient (Wildman–Crippen LogP) is 5.32. The van der Waals surface area contributed by atoms with E-state index in [-0.39, 0.29) is 17.2 Å². The Kier molecular flexibility index (Phi) is 6.35. The first-order chi connectivity index (χ1) is 14.1.